The van der Waals surface area contributed by atoms with E-state index in [9.17, 15) is 4.79 Å². The van der Waals surface area contributed by atoms with Gasteiger partial charge in [0.1, 0.15) is 5.17 Å². The van der Waals surface area contributed by atoms with Crippen molar-refractivity contribution >= 4 is 22.7 Å². The number of carbonyl (C=O) groups excluding carboxylic acids is 1. The standard InChI is InChI=1S/C9H15ClN2O2/c1-4-14-8(13)9(2,3)6(5-11)7(10)12/h5,12H,4,11H2,1-3H3/b6-5+,12-7?. The third-order valence-electron chi connectivity index (χ3n) is 1.86. The molecule has 0 aliphatic rings. The number of hydrogen-bond donors (Lipinski definition) is 2. The molecule has 0 heterocycles. The first-order valence-corrected chi connectivity index (χ1v) is 4.59. The maximum absolute atomic E-state index is 11.5. The molecule has 0 saturated carbocycles. The van der Waals surface area contributed by atoms with Crippen LogP contribution in [0, 0.1) is 10.8 Å². The molecule has 0 unspecified atom stereocenters. The van der Waals surface area contributed by atoms with Gasteiger partial charge in [0, 0.05) is 11.8 Å². The fraction of sp³-hybridized carbons (Fsp3) is 0.556. The van der Waals surface area contributed by atoms with Crippen LogP contribution in [0.15, 0.2) is 11.8 Å². The van der Waals surface area contributed by atoms with E-state index >= 15 is 0 Å². The summed E-state index contributed by atoms with van der Waals surface area (Å²) >= 11 is 5.50. The van der Waals surface area contributed by atoms with Crippen molar-refractivity contribution in [3.05, 3.63) is 11.8 Å². The average Bonchev–Trinajstić information content (AvgIpc) is 2.04. The molecule has 3 N–H and O–H groups in total. The zero-order valence-corrected chi connectivity index (χ0v) is 9.31. The van der Waals surface area contributed by atoms with Crippen molar-refractivity contribution in [2.75, 3.05) is 6.61 Å². The van der Waals surface area contributed by atoms with Crippen LogP contribution in [-0.4, -0.2) is 17.7 Å². The molecule has 5 heteroatoms. The van der Waals surface area contributed by atoms with Crippen LogP contribution in [0.3, 0.4) is 0 Å². The molecule has 14 heavy (non-hydrogen) atoms. The molecule has 0 aromatic carbocycles. The van der Waals surface area contributed by atoms with Crippen molar-refractivity contribution in [1.29, 1.82) is 5.41 Å². The van der Waals surface area contributed by atoms with E-state index in [1.807, 2.05) is 0 Å². The Morgan fingerprint density at radius 2 is 2.14 bits per heavy atom. The molecule has 0 atom stereocenters. The van der Waals surface area contributed by atoms with Gasteiger partial charge in [-0.3, -0.25) is 10.2 Å². The predicted molar refractivity (Wildman–Crippen MR) is 56.3 cm³/mol. The minimum Gasteiger partial charge on any atom is -0.465 e. The summed E-state index contributed by atoms with van der Waals surface area (Å²) in [6.45, 7) is 5.22. The molecule has 0 saturated heterocycles. The highest BCUT2D eigenvalue weighted by Crippen LogP contribution is 2.29. The summed E-state index contributed by atoms with van der Waals surface area (Å²) in [6.07, 6.45) is 1.16. The quantitative estimate of drug-likeness (QED) is 0.556. The minimum atomic E-state index is -0.983. The normalized spacial score (nSPS) is 12.4. The Morgan fingerprint density at radius 1 is 1.64 bits per heavy atom. The van der Waals surface area contributed by atoms with Crippen LogP contribution in [0.4, 0.5) is 0 Å². The number of carbonyl (C=O) groups is 1. The number of esters is 1. The predicted octanol–water partition coefficient (Wildman–Crippen LogP) is 1.63. The van der Waals surface area contributed by atoms with E-state index in [4.69, 9.17) is 27.5 Å². The smallest absolute Gasteiger partial charge is 0.316 e. The molecule has 0 aliphatic carbocycles. The summed E-state index contributed by atoms with van der Waals surface area (Å²) in [7, 11) is 0. The second-order valence-electron chi connectivity index (χ2n) is 3.24. The fourth-order valence-electron chi connectivity index (χ4n) is 0.977. The van der Waals surface area contributed by atoms with E-state index in [-0.39, 0.29) is 17.4 Å². The number of hydrogen-bond acceptors (Lipinski definition) is 4. The van der Waals surface area contributed by atoms with Gasteiger partial charge in [-0.05, 0) is 20.8 Å². The van der Waals surface area contributed by atoms with Crippen molar-refractivity contribution in [2.45, 2.75) is 20.8 Å². The van der Waals surface area contributed by atoms with Crippen molar-refractivity contribution in [3.63, 3.8) is 0 Å². The third kappa shape index (κ3) is 2.73. The second-order valence-corrected chi connectivity index (χ2v) is 3.62. The fourth-order valence-corrected chi connectivity index (χ4v) is 1.28. The van der Waals surface area contributed by atoms with Crippen molar-refractivity contribution in [3.8, 4) is 0 Å². The largest absolute Gasteiger partial charge is 0.465 e. The van der Waals surface area contributed by atoms with Gasteiger partial charge in [-0.1, -0.05) is 11.6 Å². The van der Waals surface area contributed by atoms with Gasteiger partial charge in [0.05, 0.1) is 12.0 Å². The molecule has 0 fully saturated rings. The molecule has 0 spiro atoms. The molecule has 0 radical (unpaired) electrons. The molecule has 80 valence electrons. The summed E-state index contributed by atoms with van der Waals surface area (Å²) < 4.78 is 4.85. The highest BCUT2D eigenvalue weighted by Gasteiger charge is 2.35. The van der Waals surface area contributed by atoms with Gasteiger partial charge in [-0.25, -0.2) is 0 Å². The molecule has 0 aliphatic heterocycles. The SMILES string of the molecule is CCOC(=O)C(C)(C)/C(=C/N)C(=N)Cl. The monoisotopic (exact) mass is 218 g/mol. The van der Waals surface area contributed by atoms with Crippen molar-refractivity contribution in [1.82, 2.24) is 0 Å². The topological polar surface area (TPSA) is 76.2 Å². The van der Waals surface area contributed by atoms with Gasteiger partial charge in [0.2, 0.25) is 0 Å². The Balaban J connectivity index is 4.92. The Bertz CT molecular complexity index is 272. The third-order valence-corrected chi connectivity index (χ3v) is 2.07. The summed E-state index contributed by atoms with van der Waals surface area (Å²) in [5.74, 6) is -0.442. The van der Waals surface area contributed by atoms with Crippen LogP contribution in [-0.2, 0) is 9.53 Å². The molecule has 0 rings (SSSR count). The molecule has 0 aromatic heterocycles. The highest BCUT2D eigenvalue weighted by atomic mass is 35.5. The van der Waals surface area contributed by atoms with E-state index in [0.29, 0.717) is 0 Å². The summed E-state index contributed by atoms with van der Waals surface area (Å²) in [6, 6.07) is 0. The maximum atomic E-state index is 11.5. The van der Waals surface area contributed by atoms with E-state index in [1.165, 1.54) is 0 Å². The van der Waals surface area contributed by atoms with E-state index in [1.54, 1.807) is 20.8 Å². The second kappa shape index (κ2) is 5.00. The van der Waals surface area contributed by atoms with Gasteiger partial charge in [-0.2, -0.15) is 0 Å². The lowest BCUT2D eigenvalue weighted by molar-refractivity contribution is -0.150. The molecule has 0 bridgehead atoms. The van der Waals surface area contributed by atoms with E-state index in [0.717, 1.165) is 6.20 Å². The van der Waals surface area contributed by atoms with Crippen LogP contribution in [0.1, 0.15) is 20.8 Å². The zero-order valence-electron chi connectivity index (χ0n) is 8.56. The Labute approximate surface area is 88.6 Å². The Morgan fingerprint density at radius 3 is 2.43 bits per heavy atom. The van der Waals surface area contributed by atoms with E-state index < -0.39 is 11.4 Å². The van der Waals surface area contributed by atoms with Gasteiger partial charge < -0.3 is 10.5 Å². The number of nitrogens with one attached hydrogen (secondary N) is 1. The molecular formula is C9H15ClN2O2. The van der Waals surface area contributed by atoms with Gasteiger partial charge >= 0.3 is 5.97 Å². The first-order valence-electron chi connectivity index (χ1n) is 4.22. The van der Waals surface area contributed by atoms with Crippen LogP contribution in [0.2, 0.25) is 0 Å². The minimum absolute atomic E-state index is 0.245. The highest BCUT2D eigenvalue weighted by molar-refractivity contribution is 6.69. The van der Waals surface area contributed by atoms with Gasteiger partial charge in [0.25, 0.3) is 0 Å². The summed E-state index contributed by atoms with van der Waals surface area (Å²) in [5.41, 5.74) is 4.58. The van der Waals surface area contributed by atoms with Gasteiger partial charge in [0.15, 0.2) is 0 Å². The van der Waals surface area contributed by atoms with Gasteiger partial charge in [-0.15, -0.1) is 0 Å². The lowest BCUT2D eigenvalue weighted by Crippen LogP contribution is -2.31. The van der Waals surface area contributed by atoms with E-state index in [2.05, 4.69) is 0 Å². The zero-order chi connectivity index (χ0) is 11.4. The summed E-state index contributed by atoms with van der Waals surface area (Å²) in [5, 5.41) is 7.00. The number of nitrogens with two attached hydrogens (primary N) is 1. The van der Waals surface area contributed by atoms with Crippen molar-refractivity contribution in [2.24, 2.45) is 11.1 Å². The van der Waals surface area contributed by atoms with Crippen molar-refractivity contribution < 1.29 is 9.53 Å². The average molecular weight is 219 g/mol. The molecule has 0 aromatic rings. The Kier molecular flexibility index (Phi) is 4.63. The first-order chi connectivity index (χ1) is 6.37. The Hall–Kier alpha value is -1.03. The first kappa shape index (κ1) is 13.0. The van der Waals surface area contributed by atoms with Crippen LogP contribution >= 0.6 is 11.6 Å². The lowest BCUT2D eigenvalue weighted by Gasteiger charge is -2.23. The molecular weight excluding hydrogens is 204 g/mol. The number of ether oxygens (including phenoxy) is 1. The van der Waals surface area contributed by atoms with Crippen LogP contribution < -0.4 is 5.73 Å². The molecule has 0 amide bonds. The van der Waals surface area contributed by atoms with Crippen LogP contribution in [0.25, 0.3) is 0 Å². The lowest BCUT2D eigenvalue weighted by atomic mass is 9.85. The summed E-state index contributed by atoms with van der Waals surface area (Å²) in [4.78, 5) is 11.5. The van der Waals surface area contributed by atoms with Crippen LogP contribution in [0.5, 0.6) is 0 Å². The number of rotatable bonds is 4. The molecule has 4 nitrogen and oxygen atoms in total. The number of halogens is 1. The maximum Gasteiger partial charge on any atom is 0.316 e.